The lowest BCUT2D eigenvalue weighted by molar-refractivity contribution is -0.134. The highest BCUT2D eigenvalue weighted by molar-refractivity contribution is 5.79. The maximum atomic E-state index is 12.7. The number of nitrogens with zero attached hydrogens (tertiary/aromatic N) is 2. The van der Waals surface area contributed by atoms with Crippen LogP contribution in [0, 0.1) is 22.7 Å². The number of carbonyl (C=O) groups excluding carboxylic acids is 1. The average molecular weight is 334 g/mol. The summed E-state index contributed by atoms with van der Waals surface area (Å²) in [5.74, 6) is 0.681. The van der Waals surface area contributed by atoms with E-state index in [9.17, 15) is 10.1 Å². The zero-order valence-electron chi connectivity index (χ0n) is 16.0. The van der Waals surface area contributed by atoms with Crippen LogP contribution in [0.15, 0.2) is 0 Å². The number of carbonyl (C=O) groups is 1. The Bertz CT molecular complexity index is 468. The summed E-state index contributed by atoms with van der Waals surface area (Å²) in [5, 5.41) is 13.2. The highest BCUT2D eigenvalue weighted by Gasteiger charge is 2.39. The van der Waals surface area contributed by atoms with Crippen molar-refractivity contribution in [3.8, 4) is 6.07 Å². The summed E-state index contributed by atoms with van der Waals surface area (Å²) in [4.78, 5) is 14.4. The Morgan fingerprint density at radius 3 is 2.38 bits per heavy atom. The normalized spacial score (nSPS) is 27.3. The number of hydrogen-bond donors (Lipinski definition) is 1. The van der Waals surface area contributed by atoms with Gasteiger partial charge in [-0.1, -0.05) is 52.9 Å². The molecule has 0 saturated heterocycles. The fraction of sp³-hybridized carbons (Fsp3) is 0.900. The first kappa shape index (κ1) is 19.2. The van der Waals surface area contributed by atoms with Gasteiger partial charge in [0.05, 0.1) is 12.6 Å². The second kappa shape index (κ2) is 7.87. The minimum atomic E-state index is -0.576. The molecule has 2 aliphatic rings. The minimum absolute atomic E-state index is 0.0664. The van der Waals surface area contributed by atoms with Gasteiger partial charge in [0.25, 0.3) is 0 Å². The first-order valence-corrected chi connectivity index (χ1v) is 9.71. The third-order valence-corrected chi connectivity index (χ3v) is 6.30. The van der Waals surface area contributed by atoms with Gasteiger partial charge in [-0.25, -0.2) is 0 Å². The summed E-state index contributed by atoms with van der Waals surface area (Å²) in [7, 11) is 1.82. The van der Waals surface area contributed by atoms with Gasteiger partial charge in [-0.2, -0.15) is 5.26 Å². The second-order valence-corrected chi connectivity index (χ2v) is 8.90. The van der Waals surface area contributed by atoms with Crippen LogP contribution in [0.2, 0.25) is 0 Å². The lowest BCUT2D eigenvalue weighted by Crippen LogP contribution is -2.54. The molecule has 1 amide bonds. The van der Waals surface area contributed by atoms with Crippen LogP contribution in [0.3, 0.4) is 0 Å². The third kappa shape index (κ3) is 4.30. The van der Waals surface area contributed by atoms with E-state index >= 15 is 0 Å². The summed E-state index contributed by atoms with van der Waals surface area (Å²) < 4.78 is 0. The van der Waals surface area contributed by atoms with Gasteiger partial charge in [0.15, 0.2) is 0 Å². The molecule has 2 rings (SSSR count). The van der Waals surface area contributed by atoms with Crippen molar-refractivity contribution >= 4 is 5.91 Å². The van der Waals surface area contributed by atoms with E-state index in [1.807, 2.05) is 7.05 Å². The van der Waals surface area contributed by atoms with E-state index in [1.54, 1.807) is 4.90 Å². The van der Waals surface area contributed by atoms with Crippen molar-refractivity contribution in [3.63, 3.8) is 0 Å². The molecule has 4 heteroatoms. The largest absolute Gasteiger partial charge is 0.326 e. The molecule has 2 fully saturated rings. The molecule has 24 heavy (non-hydrogen) atoms. The fourth-order valence-corrected chi connectivity index (χ4v) is 4.65. The van der Waals surface area contributed by atoms with E-state index in [-0.39, 0.29) is 11.3 Å². The lowest BCUT2D eigenvalue weighted by Gasteiger charge is -2.42. The first-order chi connectivity index (χ1) is 11.3. The van der Waals surface area contributed by atoms with Crippen LogP contribution in [0.5, 0.6) is 0 Å². The van der Waals surface area contributed by atoms with Crippen LogP contribution in [0.25, 0.3) is 0 Å². The Morgan fingerprint density at radius 2 is 1.79 bits per heavy atom. The Hall–Kier alpha value is -1.08. The van der Waals surface area contributed by atoms with Crippen LogP contribution in [-0.4, -0.2) is 36.0 Å². The molecule has 0 heterocycles. The number of nitriles is 1. The van der Waals surface area contributed by atoms with E-state index in [4.69, 9.17) is 0 Å². The lowest BCUT2D eigenvalue weighted by atomic mass is 9.69. The van der Waals surface area contributed by atoms with Crippen molar-refractivity contribution in [3.05, 3.63) is 0 Å². The summed E-state index contributed by atoms with van der Waals surface area (Å²) in [5.41, 5.74) is -0.308. The zero-order valence-corrected chi connectivity index (χ0v) is 16.0. The molecule has 2 aliphatic carbocycles. The smallest absolute Gasteiger partial charge is 0.237 e. The van der Waals surface area contributed by atoms with Gasteiger partial charge in [0.1, 0.15) is 5.54 Å². The second-order valence-electron chi connectivity index (χ2n) is 8.90. The zero-order chi connectivity index (χ0) is 17.8. The summed E-state index contributed by atoms with van der Waals surface area (Å²) in [6, 6.07) is 2.86. The standard InChI is InChI=1S/C20H35N3O/c1-19(2,3)16-10-6-7-11-17(16)22-14-18(24)23(4)20(15-21)12-8-5-9-13-20/h16-17,22H,5-14H2,1-4H3. The van der Waals surface area contributed by atoms with E-state index in [1.165, 1.54) is 25.7 Å². The molecule has 2 saturated carbocycles. The molecule has 0 aromatic rings. The Kier molecular flexibility index (Phi) is 6.31. The van der Waals surface area contributed by atoms with Gasteiger partial charge < -0.3 is 10.2 Å². The van der Waals surface area contributed by atoms with Crippen molar-refractivity contribution in [2.75, 3.05) is 13.6 Å². The van der Waals surface area contributed by atoms with Gasteiger partial charge in [0.2, 0.25) is 5.91 Å². The van der Waals surface area contributed by atoms with Crippen molar-refractivity contribution < 1.29 is 4.79 Å². The van der Waals surface area contributed by atoms with Crippen LogP contribution in [-0.2, 0) is 4.79 Å². The summed E-state index contributed by atoms with van der Waals surface area (Å²) in [6.07, 6.45) is 9.86. The predicted octanol–water partition coefficient (Wildman–Crippen LogP) is 3.87. The fourth-order valence-electron chi connectivity index (χ4n) is 4.65. The van der Waals surface area contributed by atoms with Gasteiger partial charge in [0, 0.05) is 13.1 Å². The maximum Gasteiger partial charge on any atom is 0.237 e. The molecule has 1 N–H and O–H groups in total. The van der Waals surface area contributed by atoms with E-state index in [2.05, 4.69) is 32.2 Å². The maximum absolute atomic E-state index is 12.7. The molecular weight excluding hydrogens is 298 g/mol. The topological polar surface area (TPSA) is 56.1 Å². The highest BCUT2D eigenvalue weighted by atomic mass is 16.2. The summed E-state index contributed by atoms with van der Waals surface area (Å²) in [6.45, 7) is 7.27. The highest BCUT2D eigenvalue weighted by Crippen LogP contribution is 2.38. The number of rotatable bonds is 4. The molecule has 0 radical (unpaired) electrons. The SMILES string of the molecule is CN(C(=O)CNC1CCCCC1C(C)(C)C)C1(C#N)CCCCC1. The molecule has 2 unspecified atom stereocenters. The quantitative estimate of drug-likeness (QED) is 0.850. The van der Waals surface area contributed by atoms with Crippen molar-refractivity contribution in [1.29, 1.82) is 5.26 Å². The molecule has 136 valence electrons. The molecular formula is C20H35N3O. The van der Waals surface area contributed by atoms with Crippen LogP contribution < -0.4 is 5.32 Å². The van der Waals surface area contributed by atoms with Crippen molar-refractivity contribution in [1.82, 2.24) is 10.2 Å². The Labute approximate surface area is 148 Å². The Morgan fingerprint density at radius 1 is 1.17 bits per heavy atom. The number of nitrogens with one attached hydrogen (secondary N) is 1. The van der Waals surface area contributed by atoms with E-state index < -0.39 is 5.54 Å². The molecule has 0 bridgehead atoms. The molecule has 4 nitrogen and oxygen atoms in total. The summed E-state index contributed by atoms with van der Waals surface area (Å²) >= 11 is 0. The van der Waals surface area contributed by atoms with E-state index in [0.717, 1.165) is 32.1 Å². The number of likely N-dealkylation sites (N-methyl/N-ethyl adjacent to an activating group) is 1. The molecule has 0 aromatic carbocycles. The molecule has 0 spiro atoms. The van der Waals surface area contributed by atoms with Gasteiger partial charge >= 0.3 is 0 Å². The minimum Gasteiger partial charge on any atom is -0.326 e. The van der Waals surface area contributed by atoms with Crippen LogP contribution >= 0.6 is 0 Å². The van der Waals surface area contributed by atoms with Crippen molar-refractivity contribution in [2.45, 2.75) is 90.1 Å². The Balaban J connectivity index is 1.95. The third-order valence-electron chi connectivity index (χ3n) is 6.30. The molecule has 0 aliphatic heterocycles. The van der Waals surface area contributed by atoms with Crippen LogP contribution in [0.1, 0.15) is 78.6 Å². The van der Waals surface area contributed by atoms with Gasteiger partial charge in [-0.15, -0.1) is 0 Å². The van der Waals surface area contributed by atoms with Crippen LogP contribution in [0.4, 0.5) is 0 Å². The number of hydrogen-bond acceptors (Lipinski definition) is 3. The monoisotopic (exact) mass is 333 g/mol. The first-order valence-electron chi connectivity index (χ1n) is 9.71. The number of amides is 1. The molecule has 2 atom stereocenters. The van der Waals surface area contributed by atoms with E-state index in [0.29, 0.717) is 18.5 Å². The van der Waals surface area contributed by atoms with Crippen molar-refractivity contribution in [2.24, 2.45) is 11.3 Å². The predicted molar refractivity (Wildman–Crippen MR) is 97.4 cm³/mol. The average Bonchev–Trinajstić information content (AvgIpc) is 2.59. The van der Waals surface area contributed by atoms with Gasteiger partial charge in [-0.3, -0.25) is 4.79 Å². The molecule has 0 aromatic heterocycles. The van der Waals surface area contributed by atoms with Gasteiger partial charge in [-0.05, 0) is 37.0 Å².